The number of carbonyl (C=O) groups is 2. The number of Topliss-reactive ketones (excluding diaryl/α,β-unsaturated/α-hetero) is 1. The minimum absolute atomic E-state index is 0.00548. The summed E-state index contributed by atoms with van der Waals surface area (Å²) in [5.41, 5.74) is 0.222. The zero-order chi connectivity index (χ0) is 21.3. The molecule has 0 heterocycles. The first-order valence-corrected chi connectivity index (χ1v) is 10.8. The van der Waals surface area contributed by atoms with Gasteiger partial charge in [-0.1, -0.05) is 62.3 Å². The molecular formula is C24H46O3. The summed E-state index contributed by atoms with van der Waals surface area (Å²) in [6.45, 7) is 19.7. The Morgan fingerprint density at radius 2 is 1.22 bits per heavy atom. The van der Waals surface area contributed by atoms with E-state index in [4.69, 9.17) is 4.74 Å². The average Bonchev–Trinajstić information content (AvgIpc) is 2.47. The summed E-state index contributed by atoms with van der Waals surface area (Å²) in [5, 5.41) is 0. The molecule has 0 fully saturated rings. The summed E-state index contributed by atoms with van der Waals surface area (Å²) < 4.78 is 5.59. The van der Waals surface area contributed by atoms with Gasteiger partial charge in [-0.05, 0) is 55.8 Å². The lowest BCUT2D eigenvalue weighted by Gasteiger charge is -2.25. The van der Waals surface area contributed by atoms with Crippen molar-refractivity contribution in [2.45, 2.75) is 114 Å². The first kappa shape index (κ1) is 26.1. The van der Waals surface area contributed by atoms with Crippen molar-refractivity contribution in [2.24, 2.45) is 22.2 Å². The smallest absolute Gasteiger partial charge is 0.308 e. The first-order chi connectivity index (χ1) is 12.1. The Morgan fingerprint density at radius 1 is 0.741 bits per heavy atom. The third kappa shape index (κ3) is 14.8. The van der Waals surface area contributed by atoms with Crippen LogP contribution in [-0.4, -0.2) is 18.4 Å². The summed E-state index contributed by atoms with van der Waals surface area (Å²) in [6.07, 6.45) is 7.15. The van der Waals surface area contributed by atoms with E-state index in [1.165, 1.54) is 0 Å². The van der Waals surface area contributed by atoms with Crippen LogP contribution in [0.25, 0.3) is 0 Å². The molecule has 0 aliphatic carbocycles. The van der Waals surface area contributed by atoms with Crippen molar-refractivity contribution in [1.29, 1.82) is 0 Å². The second-order valence-electron chi connectivity index (χ2n) is 11.5. The summed E-state index contributed by atoms with van der Waals surface area (Å²) in [5.74, 6) is 0.282. The summed E-state index contributed by atoms with van der Waals surface area (Å²) >= 11 is 0. The Bertz CT molecular complexity index is 426. The van der Waals surface area contributed by atoms with E-state index >= 15 is 0 Å². The number of hydrogen-bond donors (Lipinski definition) is 0. The summed E-state index contributed by atoms with van der Waals surface area (Å²) in [6, 6.07) is 0. The molecule has 0 aliphatic rings. The molecule has 0 aliphatic heterocycles. The van der Waals surface area contributed by atoms with Crippen molar-refractivity contribution in [2.75, 3.05) is 6.61 Å². The normalized spacial score (nSPS) is 13.1. The van der Waals surface area contributed by atoms with Crippen LogP contribution in [0.15, 0.2) is 0 Å². The van der Waals surface area contributed by atoms with Crippen LogP contribution in [-0.2, 0) is 14.3 Å². The van der Waals surface area contributed by atoms with Crippen LogP contribution in [0.2, 0.25) is 0 Å². The Labute approximate surface area is 169 Å². The minimum atomic E-state index is -0.250. The number of unbranched alkanes of at least 4 members (excludes halogenated alkanes) is 2. The van der Waals surface area contributed by atoms with E-state index in [1.807, 2.05) is 20.8 Å². The van der Waals surface area contributed by atoms with Gasteiger partial charge in [-0.3, -0.25) is 9.59 Å². The molecule has 0 saturated heterocycles. The van der Waals surface area contributed by atoms with Crippen molar-refractivity contribution < 1.29 is 14.3 Å². The van der Waals surface area contributed by atoms with E-state index in [0.29, 0.717) is 18.8 Å². The number of ether oxygens (including phenoxy) is 1. The van der Waals surface area contributed by atoms with Crippen LogP contribution in [0.5, 0.6) is 0 Å². The molecule has 160 valence electrons. The maximum Gasteiger partial charge on any atom is 0.308 e. The molecule has 0 rings (SSSR count). The van der Waals surface area contributed by atoms with E-state index < -0.39 is 0 Å². The van der Waals surface area contributed by atoms with Gasteiger partial charge in [0, 0.05) is 11.8 Å². The van der Waals surface area contributed by atoms with Crippen molar-refractivity contribution in [3.8, 4) is 0 Å². The van der Waals surface area contributed by atoms with E-state index in [9.17, 15) is 9.59 Å². The van der Waals surface area contributed by atoms with Crippen molar-refractivity contribution >= 4 is 11.8 Å². The largest absolute Gasteiger partial charge is 0.465 e. The second-order valence-corrected chi connectivity index (χ2v) is 11.5. The van der Waals surface area contributed by atoms with Gasteiger partial charge in [0.25, 0.3) is 0 Å². The fourth-order valence-electron chi connectivity index (χ4n) is 2.82. The molecule has 0 aromatic carbocycles. The average molecular weight is 383 g/mol. The van der Waals surface area contributed by atoms with Gasteiger partial charge in [-0.15, -0.1) is 0 Å². The third-order valence-corrected chi connectivity index (χ3v) is 4.95. The highest BCUT2D eigenvalue weighted by molar-refractivity contribution is 5.83. The Morgan fingerprint density at radius 3 is 1.63 bits per heavy atom. The van der Waals surface area contributed by atoms with E-state index in [0.717, 1.165) is 44.9 Å². The van der Waals surface area contributed by atoms with Gasteiger partial charge >= 0.3 is 5.97 Å². The predicted molar refractivity (Wildman–Crippen MR) is 115 cm³/mol. The molecule has 0 aromatic rings. The molecule has 0 amide bonds. The van der Waals surface area contributed by atoms with Gasteiger partial charge in [-0.2, -0.15) is 0 Å². The number of esters is 1. The van der Waals surface area contributed by atoms with Crippen molar-refractivity contribution in [1.82, 2.24) is 0 Å². The standard InChI is InChI=1S/C24H46O3/c1-22(2,3)16-14-19(15-17-23(4,5)6)21(26)27-18-12-10-11-13-20(25)24(7,8)9/h19H,10-18H2,1-9H3. The van der Waals surface area contributed by atoms with Crippen LogP contribution < -0.4 is 0 Å². The van der Waals surface area contributed by atoms with Crippen LogP contribution in [0.1, 0.15) is 114 Å². The number of carbonyl (C=O) groups excluding carboxylic acids is 2. The lowest BCUT2D eigenvalue weighted by Crippen LogP contribution is -2.22. The fourth-order valence-corrected chi connectivity index (χ4v) is 2.82. The van der Waals surface area contributed by atoms with Crippen LogP contribution >= 0.6 is 0 Å². The lowest BCUT2D eigenvalue weighted by atomic mass is 9.82. The molecular weight excluding hydrogens is 336 g/mol. The second kappa shape index (κ2) is 11.2. The van der Waals surface area contributed by atoms with E-state index in [2.05, 4.69) is 41.5 Å². The van der Waals surface area contributed by atoms with Crippen molar-refractivity contribution in [3.05, 3.63) is 0 Å². The maximum atomic E-state index is 12.6. The number of rotatable bonds is 11. The van der Waals surface area contributed by atoms with E-state index in [1.54, 1.807) is 0 Å². The Hall–Kier alpha value is -0.860. The highest BCUT2D eigenvalue weighted by atomic mass is 16.5. The molecule has 0 N–H and O–H groups in total. The maximum absolute atomic E-state index is 12.6. The molecule has 0 unspecified atom stereocenters. The van der Waals surface area contributed by atoms with Gasteiger partial charge in [0.1, 0.15) is 5.78 Å². The quantitative estimate of drug-likeness (QED) is 0.286. The SMILES string of the molecule is CC(C)(C)CCC(CCC(C)(C)C)C(=O)OCCCCCC(=O)C(C)(C)C. The van der Waals surface area contributed by atoms with Crippen LogP contribution in [0, 0.1) is 22.2 Å². The zero-order valence-electron chi connectivity index (χ0n) is 19.7. The molecule has 3 nitrogen and oxygen atoms in total. The fraction of sp³-hybridized carbons (Fsp3) is 0.917. The molecule has 0 atom stereocenters. The van der Waals surface area contributed by atoms with Crippen molar-refractivity contribution in [3.63, 3.8) is 0 Å². The lowest BCUT2D eigenvalue weighted by molar-refractivity contribution is -0.149. The molecule has 0 bridgehead atoms. The molecule has 0 spiro atoms. The topological polar surface area (TPSA) is 43.4 Å². The molecule has 27 heavy (non-hydrogen) atoms. The van der Waals surface area contributed by atoms with Gasteiger partial charge in [0.05, 0.1) is 12.5 Å². The molecule has 0 aromatic heterocycles. The van der Waals surface area contributed by atoms with Gasteiger partial charge in [0.2, 0.25) is 0 Å². The summed E-state index contributed by atoms with van der Waals surface area (Å²) in [7, 11) is 0. The Kier molecular flexibility index (Phi) is 10.9. The predicted octanol–water partition coefficient (Wildman–Crippen LogP) is 6.97. The highest BCUT2D eigenvalue weighted by Gasteiger charge is 2.25. The highest BCUT2D eigenvalue weighted by Crippen LogP contribution is 2.30. The third-order valence-electron chi connectivity index (χ3n) is 4.95. The summed E-state index contributed by atoms with van der Waals surface area (Å²) in [4.78, 5) is 24.5. The Balaban J connectivity index is 4.28. The van der Waals surface area contributed by atoms with Gasteiger partial charge in [0.15, 0.2) is 0 Å². The van der Waals surface area contributed by atoms with Crippen LogP contribution in [0.4, 0.5) is 0 Å². The van der Waals surface area contributed by atoms with E-state index in [-0.39, 0.29) is 28.1 Å². The van der Waals surface area contributed by atoms with Crippen LogP contribution in [0.3, 0.4) is 0 Å². The molecule has 0 saturated carbocycles. The van der Waals surface area contributed by atoms with Gasteiger partial charge < -0.3 is 4.74 Å². The molecule has 0 radical (unpaired) electrons. The number of hydrogen-bond acceptors (Lipinski definition) is 3. The van der Waals surface area contributed by atoms with Gasteiger partial charge in [-0.25, -0.2) is 0 Å². The monoisotopic (exact) mass is 382 g/mol. The first-order valence-electron chi connectivity index (χ1n) is 10.8. The zero-order valence-corrected chi connectivity index (χ0v) is 19.7. The number of ketones is 1. The molecule has 3 heteroatoms. The minimum Gasteiger partial charge on any atom is -0.465 e.